The molecule has 2 aliphatic rings. The molecule has 0 radical (unpaired) electrons. The maximum Gasteiger partial charge on any atom is 0.246 e. The molecule has 0 bridgehead atoms. The minimum atomic E-state index is 0.0863. The highest BCUT2D eigenvalue weighted by molar-refractivity contribution is 5.88. The number of carbonyl (C=O) groups is 1. The van der Waals surface area contributed by atoms with Crippen molar-refractivity contribution in [2.24, 2.45) is 11.1 Å². The van der Waals surface area contributed by atoms with Crippen molar-refractivity contribution < 1.29 is 9.90 Å². The molecule has 1 amide bonds. The van der Waals surface area contributed by atoms with Gasteiger partial charge in [0.15, 0.2) is 0 Å². The molecule has 1 spiro atoms. The van der Waals surface area contributed by atoms with E-state index in [0.29, 0.717) is 23.0 Å². The van der Waals surface area contributed by atoms with Crippen LogP contribution < -0.4 is 11.5 Å². The van der Waals surface area contributed by atoms with Crippen LogP contribution in [0, 0.1) is 5.41 Å². The molecule has 7 heteroatoms. The SMILES string of the molecule is CN(C)C/C=C/C(=O)N1CC2(CCC2c2cc(/C=C(\N)c3ccccc3O)c(N)[nH]2)C1. The third-order valence-corrected chi connectivity index (χ3v) is 6.53. The number of nitrogen functional groups attached to an aromatic ring is 1. The first-order valence-corrected chi connectivity index (χ1v) is 10.6. The Bertz CT molecular complexity index is 1030. The molecule has 1 saturated carbocycles. The van der Waals surface area contributed by atoms with Gasteiger partial charge in [0, 0.05) is 59.6 Å². The molecule has 7 nitrogen and oxygen atoms in total. The fraction of sp³-hybridized carbons (Fsp3) is 0.375. The summed E-state index contributed by atoms with van der Waals surface area (Å²) in [6, 6.07) is 9.03. The van der Waals surface area contributed by atoms with Crippen LogP contribution in [0.1, 0.15) is 35.6 Å². The number of anilines is 1. The quantitative estimate of drug-likeness (QED) is 0.536. The molecule has 6 N–H and O–H groups in total. The van der Waals surface area contributed by atoms with E-state index in [0.717, 1.165) is 43.7 Å². The largest absolute Gasteiger partial charge is 0.507 e. The second kappa shape index (κ2) is 8.15. The van der Waals surface area contributed by atoms with E-state index in [2.05, 4.69) is 11.1 Å². The molecular weight excluding hydrogens is 390 g/mol. The average Bonchev–Trinajstić information content (AvgIpc) is 2.99. The lowest BCUT2D eigenvalue weighted by atomic mass is 9.54. The van der Waals surface area contributed by atoms with Crippen LogP contribution in [0.5, 0.6) is 5.75 Å². The predicted octanol–water partition coefficient (Wildman–Crippen LogP) is 2.58. The van der Waals surface area contributed by atoms with E-state index in [1.165, 1.54) is 0 Å². The number of rotatable bonds is 6. The van der Waals surface area contributed by atoms with E-state index in [1.54, 1.807) is 30.4 Å². The number of H-pyrrole nitrogens is 1. The molecule has 2 heterocycles. The number of likely N-dealkylation sites (N-methyl/N-ethyl adjacent to an activating group) is 1. The fourth-order valence-corrected chi connectivity index (χ4v) is 4.68. The Morgan fingerprint density at radius 1 is 1.35 bits per heavy atom. The van der Waals surface area contributed by atoms with E-state index < -0.39 is 0 Å². The Hall–Kier alpha value is -3.19. The molecule has 1 aromatic carbocycles. The minimum absolute atomic E-state index is 0.0863. The summed E-state index contributed by atoms with van der Waals surface area (Å²) in [6.45, 7) is 2.33. The van der Waals surface area contributed by atoms with Gasteiger partial charge in [0.1, 0.15) is 11.6 Å². The van der Waals surface area contributed by atoms with Gasteiger partial charge >= 0.3 is 0 Å². The first-order valence-electron chi connectivity index (χ1n) is 10.6. The normalized spacial score (nSPS) is 20.3. The maximum absolute atomic E-state index is 12.4. The van der Waals surface area contributed by atoms with Crippen molar-refractivity contribution >= 4 is 23.5 Å². The summed E-state index contributed by atoms with van der Waals surface area (Å²) < 4.78 is 0. The third kappa shape index (κ3) is 4.05. The van der Waals surface area contributed by atoms with Gasteiger partial charge in [0.05, 0.1) is 0 Å². The third-order valence-electron chi connectivity index (χ3n) is 6.53. The van der Waals surface area contributed by atoms with Crippen molar-refractivity contribution in [3.8, 4) is 5.75 Å². The number of phenols is 1. The molecule has 1 aromatic heterocycles. The van der Waals surface area contributed by atoms with Crippen molar-refractivity contribution in [2.75, 3.05) is 39.5 Å². The highest BCUT2D eigenvalue weighted by Crippen LogP contribution is 2.58. The van der Waals surface area contributed by atoms with E-state index >= 15 is 0 Å². The number of nitrogens with two attached hydrogens (primary N) is 2. The summed E-state index contributed by atoms with van der Waals surface area (Å²) in [4.78, 5) is 19.6. The molecule has 2 aromatic rings. The monoisotopic (exact) mass is 421 g/mol. The summed E-state index contributed by atoms with van der Waals surface area (Å²) in [6.07, 6.45) is 7.58. The number of aromatic amines is 1. The summed E-state index contributed by atoms with van der Waals surface area (Å²) >= 11 is 0. The van der Waals surface area contributed by atoms with Crippen molar-refractivity contribution in [3.63, 3.8) is 0 Å². The number of carbonyl (C=O) groups excluding carboxylic acids is 1. The summed E-state index contributed by atoms with van der Waals surface area (Å²) in [7, 11) is 3.96. The number of para-hydroxylation sites is 1. The maximum atomic E-state index is 12.4. The van der Waals surface area contributed by atoms with Gasteiger partial charge in [-0.15, -0.1) is 0 Å². The number of nitrogens with zero attached hydrogens (tertiary/aromatic N) is 2. The van der Waals surface area contributed by atoms with Gasteiger partial charge in [-0.05, 0) is 51.2 Å². The van der Waals surface area contributed by atoms with Crippen molar-refractivity contribution in [2.45, 2.75) is 18.8 Å². The van der Waals surface area contributed by atoms with Crippen LogP contribution in [0.3, 0.4) is 0 Å². The molecule has 1 saturated heterocycles. The van der Waals surface area contributed by atoms with Crippen LogP contribution in [-0.4, -0.2) is 59.5 Å². The van der Waals surface area contributed by atoms with E-state index in [-0.39, 0.29) is 17.1 Å². The van der Waals surface area contributed by atoms with Gasteiger partial charge in [-0.25, -0.2) is 0 Å². The summed E-state index contributed by atoms with van der Waals surface area (Å²) in [5.74, 6) is 1.15. The fourth-order valence-electron chi connectivity index (χ4n) is 4.68. The van der Waals surface area contributed by atoms with Crippen molar-refractivity contribution in [3.05, 3.63) is 59.3 Å². The Kier molecular flexibility index (Phi) is 5.54. The second-order valence-corrected chi connectivity index (χ2v) is 9.02. The molecule has 2 fully saturated rings. The van der Waals surface area contributed by atoms with Crippen LogP contribution in [0.2, 0.25) is 0 Å². The zero-order chi connectivity index (χ0) is 22.2. The zero-order valence-corrected chi connectivity index (χ0v) is 18.1. The molecule has 1 atom stereocenters. The number of likely N-dealkylation sites (tertiary alicyclic amines) is 1. The number of nitrogens with one attached hydrogen (secondary N) is 1. The highest BCUT2D eigenvalue weighted by Gasteiger charge is 2.56. The van der Waals surface area contributed by atoms with E-state index in [4.69, 9.17) is 11.5 Å². The first-order chi connectivity index (χ1) is 14.8. The summed E-state index contributed by atoms with van der Waals surface area (Å²) in [5, 5.41) is 10.0. The Balaban J connectivity index is 1.44. The Labute approximate surface area is 183 Å². The van der Waals surface area contributed by atoms with Crippen LogP contribution in [0.15, 0.2) is 42.5 Å². The van der Waals surface area contributed by atoms with E-state index in [9.17, 15) is 9.90 Å². The number of aromatic hydroxyl groups is 1. The Morgan fingerprint density at radius 2 is 2.10 bits per heavy atom. The molecule has 1 aliphatic carbocycles. The number of aromatic nitrogens is 1. The van der Waals surface area contributed by atoms with Crippen LogP contribution >= 0.6 is 0 Å². The average molecular weight is 422 g/mol. The van der Waals surface area contributed by atoms with Crippen LogP contribution in [-0.2, 0) is 4.79 Å². The summed E-state index contributed by atoms with van der Waals surface area (Å²) in [5.41, 5.74) is 15.5. The standard InChI is InChI=1S/C24H31N5O2/c1-28(2)11-5-8-22(31)29-14-24(15-29)10-9-18(24)20-13-16(23(26)27-20)12-19(25)17-6-3-4-7-21(17)30/h3-8,12-13,18,27,30H,9-11,14-15,25-26H2,1-2H3/b8-5+,19-12-. The van der Waals surface area contributed by atoms with Gasteiger partial charge in [-0.1, -0.05) is 18.2 Å². The Morgan fingerprint density at radius 3 is 2.74 bits per heavy atom. The molecule has 1 aliphatic heterocycles. The van der Waals surface area contributed by atoms with Crippen molar-refractivity contribution in [1.82, 2.24) is 14.8 Å². The number of amides is 1. The van der Waals surface area contributed by atoms with Gasteiger partial charge in [0.2, 0.25) is 5.91 Å². The van der Waals surface area contributed by atoms with Crippen molar-refractivity contribution in [1.29, 1.82) is 0 Å². The lowest BCUT2D eigenvalue weighted by molar-refractivity contribution is -0.147. The highest BCUT2D eigenvalue weighted by atomic mass is 16.3. The topological polar surface area (TPSA) is 112 Å². The smallest absolute Gasteiger partial charge is 0.246 e. The van der Waals surface area contributed by atoms with Crippen LogP contribution in [0.25, 0.3) is 11.8 Å². The van der Waals surface area contributed by atoms with Gasteiger partial charge in [-0.2, -0.15) is 0 Å². The lowest BCUT2D eigenvalue weighted by Gasteiger charge is -2.60. The molecule has 31 heavy (non-hydrogen) atoms. The predicted molar refractivity (Wildman–Crippen MR) is 124 cm³/mol. The van der Waals surface area contributed by atoms with E-state index in [1.807, 2.05) is 36.0 Å². The number of phenolic OH excluding ortho intramolecular Hbond substituents is 1. The zero-order valence-electron chi connectivity index (χ0n) is 18.1. The molecule has 164 valence electrons. The second-order valence-electron chi connectivity index (χ2n) is 9.02. The first kappa shape index (κ1) is 21.1. The number of benzene rings is 1. The minimum Gasteiger partial charge on any atom is -0.507 e. The number of hydrogen-bond acceptors (Lipinski definition) is 5. The molecular formula is C24H31N5O2. The van der Waals surface area contributed by atoms with Gasteiger partial charge in [-0.3, -0.25) is 4.79 Å². The number of hydrogen-bond donors (Lipinski definition) is 4. The molecule has 4 rings (SSSR count). The van der Waals surface area contributed by atoms with Gasteiger partial charge in [0.25, 0.3) is 0 Å². The molecule has 1 unspecified atom stereocenters. The van der Waals surface area contributed by atoms with Gasteiger partial charge < -0.3 is 31.4 Å². The van der Waals surface area contributed by atoms with Crippen LogP contribution in [0.4, 0.5) is 5.82 Å². The lowest BCUT2D eigenvalue weighted by Crippen LogP contribution is -2.64.